The average Bonchev–Trinajstić information content (AvgIpc) is 3.07. The molecule has 0 bridgehead atoms. The zero-order chi connectivity index (χ0) is 14.8. The van der Waals surface area contributed by atoms with Gasteiger partial charge >= 0.3 is 0 Å². The highest BCUT2D eigenvalue weighted by Gasteiger charge is 2.28. The summed E-state index contributed by atoms with van der Waals surface area (Å²) in [7, 11) is 1.91. The molecule has 4 nitrogen and oxygen atoms in total. The van der Waals surface area contributed by atoms with Crippen LogP contribution in [0.15, 0.2) is 36.7 Å². The number of benzene rings is 1. The van der Waals surface area contributed by atoms with Gasteiger partial charge < -0.3 is 5.11 Å². The van der Waals surface area contributed by atoms with E-state index in [-0.39, 0.29) is 5.82 Å². The maximum absolute atomic E-state index is 13.2. The van der Waals surface area contributed by atoms with Crippen molar-refractivity contribution in [2.45, 2.75) is 25.0 Å². The fourth-order valence-corrected chi connectivity index (χ4v) is 3.08. The molecule has 5 heteroatoms. The van der Waals surface area contributed by atoms with Crippen LogP contribution in [0.5, 0.6) is 0 Å². The number of halogens is 1. The van der Waals surface area contributed by atoms with Crippen LogP contribution < -0.4 is 0 Å². The number of nitrogens with zero attached hydrogens (tertiary/aromatic N) is 3. The second-order valence-corrected chi connectivity index (χ2v) is 5.67. The van der Waals surface area contributed by atoms with E-state index >= 15 is 0 Å². The van der Waals surface area contributed by atoms with Crippen molar-refractivity contribution >= 4 is 0 Å². The van der Waals surface area contributed by atoms with Crippen molar-refractivity contribution in [1.82, 2.24) is 14.7 Å². The molecule has 0 spiro atoms. The number of aryl methyl sites for hydroxylation is 1. The summed E-state index contributed by atoms with van der Waals surface area (Å²) >= 11 is 0. The molecule has 1 N–H and O–H groups in total. The molecule has 0 amide bonds. The Kier molecular flexibility index (Phi) is 4.03. The summed E-state index contributed by atoms with van der Waals surface area (Å²) < 4.78 is 15.1. The lowest BCUT2D eigenvalue weighted by Crippen LogP contribution is -2.28. The zero-order valence-electron chi connectivity index (χ0n) is 12.1. The molecule has 3 rings (SSSR count). The predicted octanol–water partition coefficient (Wildman–Crippen LogP) is 2.43. The molecule has 0 radical (unpaired) electrons. The Balaban J connectivity index is 1.71. The molecule has 1 saturated heterocycles. The normalized spacial score (nSPS) is 20.8. The van der Waals surface area contributed by atoms with Gasteiger partial charge in [-0.25, -0.2) is 4.39 Å². The SMILES string of the molecule is Cn1cc(C2CCCN2CC(O)c2cccc(F)c2)cn1. The second kappa shape index (κ2) is 5.95. The summed E-state index contributed by atoms with van der Waals surface area (Å²) in [5.74, 6) is -0.309. The molecule has 1 aromatic heterocycles. The van der Waals surface area contributed by atoms with Gasteiger partial charge in [-0.3, -0.25) is 9.58 Å². The molecule has 1 fully saturated rings. The number of hydrogen-bond acceptors (Lipinski definition) is 3. The zero-order valence-corrected chi connectivity index (χ0v) is 12.1. The van der Waals surface area contributed by atoms with E-state index in [0.29, 0.717) is 18.2 Å². The average molecular weight is 289 g/mol. The summed E-state index contributed by atoms with van der Waals surface area (Å²) in [5.41, 5.74) is 1.81. The highest BCUT2D eigenvalue weighted by atomic mass is 19.1. The monoisotopic (exact) mass is 289 g/mol. The lowest BCUT2D eigenvalue weighted by atomic mass is 10.1. The lowest BCUT2D eigenvalue weighted by Gasteiger charge is -2.26. The number of β-amino-alcohol motifs (C(OH)–C–C–N with tert-alkyl or cyclic N) is 1. The Labute approximate surface area is 123 Å². The molecule has 2 unspecified atom stereocenters. The van der Waals surface area contributed by atoms with Gasteiger partial charge in [0.2, 0.25) is 0 Å². The van der Waals surface area contributed by atoms with Crippen LogP contribution in [0.25, 0.3) is 0 Å². The van der Waals surface area contributed by atoms with Crippen LogP contribution in [0, 0.1) is 5.82 Å². The van der Waals surface area contributed by atoms with Gasteiger partial charge in [-0.05, 0) is 37.1 Å². The highest BCUT2D eigenvalue weighted by Crippen LogP contribution is 2.33. The largest absolute Gasteiger partial charge is 0.387 e. The van der Waals surface area contributed by atoms with Gasteiger partial charge in [0.1, 0.15) is 5.82 Å². The second-order valence-electron chi connectivity index (χ2n) is 5.67. The molecule has 1 aliphatic heterocycles. The van der Waals surface area contributed by atoms with E-state index in [1.54, 1.807) is 16.8 Å². The molecule has 1 aliphatic rings. The number of hydrogen-bond donors (Lipinski definition) is 1. The van der Waals surface area contributed by atoms with E-state index in [4.69, 9.17) is 0 Å². The molecule has 2 aromatic rings. The highest BCUT2D eigenvalue weighted by molar-refractivity contribution is 5.20. The number of aromatic nitrogens is 2. The predicted molar refractivity (Wildman–Crippen MR) is 78.1 cm³/mol. The van der Waals surface area contributed by atoms with Gasteiger partial charge in [-0.15, -0.1) is 0 Å². The van der Waals surface area contributed by atoms with Crippen molar-refractivity contribution in [2.24, 2.45) is 7.05 Å². The van der Waals surface area contributed by atoms with Gasteiger partial charge in [0.25, 0.3) is 0 Å². The molecular formula is C16H20FN3O. The molecular weight excluding hydrogens is 269 g/mol. The van der Waals surface area contributed by atoms with Gasteiger partial charge in [0.15, 0.2) is 0 Å². The van der Waals surface area contributed by atoms with Crippen LogP contribution in [0.3, 0.4) is 0 Å². The standard InChI is InChI=1S/C16H20FN3O/c1-19-10-13(9-18-19)15-6-3-7-20(15)11-16(21)12-4-2-5-14(17)8-12/h2,4-5,8-10,15-16,21H,3,6-7,11H2,1H3. The third-order valence-electron chi connectivity index (χ3n) is 4.11. The number of likely N-dealkylation sites (tertiary alicyclic amines) is 1. The van der Waals surface area contributed by atoms with Crippen molar-refractivity contribution in [1.29, 1.82) is 0 Å². The van der Waals surface area contributed by atoms with E-state index in [1.165, 1.54) is 17.7 Å². The molecule has 1 aromatic carbocycles. The summed E-state index contributed by atoms with van der Waals surface area (Å²) in [4.78, 5) is 2.26. The smallest absolute Gasteiger partial charge is 0.123 e. The van der Waals surface area contributed by atoms with Gasteiger partial charge in [0.05, 0.1) is 12.3 Å². The molecule has 2 heterocycles. The van der Waals surface area contributed by atoms with E-state index in [2.05, 4.69) is 10.00 Å². The molecule has 0 saturated carbocycles. The van der Waals surface area contributed by atoms with Crippen molar-refractivity contribution in [3.8, 4) is 0 Å². The fourth-order valence-electron chi connectivity index (χ4n) is 3.08. The summed E-state index contributed by atoms with van der Waals surface area (Å²) in [6, 6.07) is 6.49. The molecule has 0 aliphatic carbocycles. The van der Waals surface area contributed by atoms with Crippen LogP contribution in [0.1, 0.15) is 36.1 Å². The van der Waals surface area contributed by atoms with E-state index < -0.39 is 6.10 Å². The van der Waals surface area contributed by atoms with Crippen molar-refractivity contribution in [3.05, 3.63) is 53.6 Å². The fraction of sp³-hybridized carbons (Fsp3) is 0.438. The summed E-state index contributed by atoms with van der Waals surface area (Å²) in [5, 5.41) is 14.6. The maximum atomic E-state index is 13.2. The van der Waals surface area contributed by atoms with Crippen molar-refractivity contribution < 1.29 is 9.50 Å². The summed E-state index contributed by atoms with van der Waals surface area (Å²) in [6.45, 7) is 1.47. The molecule has 112 valence electrons. The first kappa shape index (κ1) is 14.2. The van der Waals surface area contributed by atoms with E-state index in [0.717, 1.165) is 19.4 Å². The Morgan fingerprint density at radius 3 is 3.05 bits per heavy atom. The summed E-state index contributed by atoms with van der Waals surface area (Å²) in [6.07, 6.45) is 5.42. The lowest BCUT2D eigenvalue weighted by molar-refractivity contribution is 0.106. The maximum Gasteiger partial charge on any atom is 0.123 e. The van der Waals surface area contributed by atoms with Crippen molar-refractivity contribution in [2.75, 3.05) is 13.1 Å². The minimum atomic E-state index is -0.669. The van der Waals surface area contributed by atoms with Gasteiger partial charge in [-0.1, -0.05) is 12.1 Å². The number of aliphatic hydroxyl groups excluding tert-OH is 1. The Morgan fingerprint density at radius 1 is 1.48 bits per heavy atom. The Morgan fingerprint density at radius 2 is 2.33 bits per heavy atom. The molecule has 21 heavy (non-hydrogen) atoms. The Bertz CT molecular complexity index is 613. The minimum Gasteiger partial charge on any atom is -0.387 e. The Hall–Kier alpha value is -1.72. The number of aliphatic hydroxyl groups is 1. The van der Waals surface area contributed by atoms with Crippen LogP contribution >= 0.6 is 0 Å². The minimum absolute atomic E-state index is 0.293. The van der Waals surface area contributed by atoms with Crippen molar-refractivity contribution in [3.63, 3.8) is 0 Å². The third-order valence-corrected chi connectivity index (χ3v) is 4.11. The van der Waals surface area contributed by atoms with E-state index in [9.17, 15) is 9.50 Å². The third kappa shape index (κ3) is 3.14. The quantitative estimate of drug-likeness (QED) is 0.940. The first-order chi connectivity index (χ1) is 10.1. The topological polar surface area (TPSA) is 41.3 Å². The van der Waals surface area contributed by atoms with E-state index in [1.807, 2.05) is 19.4 Å². The van der Waals surface area contributed by atoms with Crippen LogP contribution in [-0.4, -0.2) is 32.9 Å². The number of rotatable bonds is 4. The van der Waals surface area contributed by atoms with Crippen LogP contribution in [-0.2, 0) is 7.05 Å². The first-order valence-corrected chi connectivity index (χ1v) is 7.29. The molecule has 2 atom stereocenters. The van der Waals surface area contributed by atoms with Gasteiger partial charge in [0, 0.05) is 31.4 Å². The van der Waals surface area contributed by atoms with Crippen LogP contribution in [0.4, 0.5) is 4.39 Å². The van der Waals surface area contributed by atoms with Gasteiger partial charge in [-0.2, -0.15) is 5.10 Å². The first-order valence-electron chi connectivity index (χ1n) is 7.29. The van der Waals surface area contributed by atoms with Crippen LogP contribution in [0.2, 0.25) is 0 Å².